The fourth-order valence-corrected chi connectivity index (χ4v) is 2.90. The van der Waals surface area contributed by atoms with Crippen LogP contribution in [0.3, 0.4) is 0 Å². The third-order valence-electron chi connectivity index (χ3n) is 4.08. The van der Waals surface area contributed by atoms with E-state index in [1.807, 2.05) is 12.1 Å². The maximum absolute atomic E-state index is 9.83. The maximum Gasteiger partial charge on any atom is 0.126 e. The molecule has 0 bridgehead atoms. The molecule has 0 unspecified atom stereocenters. The van der Waals surface area contributed by atoms with Crippen molar-refractivity contribution in [1.82, 2.24) is 0 Å². The summed E-state index contributed by atoms with van der Waals surface area (Å²) in [6, 6.07) is 10.5. The first kappa shape index (κ1) is 19.0. The third kappa shape index (κ3) is 4.81. The number of ether oxygens (including phenoxy) is 2. The third-order valence-corrected chi connectivity index (χ3v) is 4.08. The number of benzene rings is 2. The standard InChI is InChI=1S/C21H28O4/c1-4-11-24-20-13-15(22)7-9-18(20)17(6-3)19-10-8-16(23)14-21(19)25-12-5-2/h7-10,13-14,17,22-23H,4-6,11-12H2,1-3H3. The van der Waals surface area contributed by atoms with E-state index in [0.717, 1.165) is 30.4 Å². The maximum atomic E-state index is 9.83. The van der Waals surface area contributed by atoms with Gasteiger partial charge in [0.25, 0.3) is 0 Å². The molecule has 25 heavy (non-hydrogen) atoms. The second-order valence-corrected chi connectivity index (χ2v) is 6.10. The molecule has 0 aromatic heterocycles. The summed E-state index contributed by atoms with van der Waals surface area (Å²) in [5.74, 6) is 1.84. The molecule has 2 aromatic carbocycles. The predicted octanol–water partition coefficient (Wildman–Crippen LogP) is 5.22. The molecule has 0 radical (unpaired) electrons. The molecule has 4 heteroatoms. The van der Waals surface area contributed by atoms with Crippen LogP contribution in [0.2, 0.25) is 0 Å². The fourth-order valence-electron chi connectivity index (χ4n) is 2.90. The molecular weight excluding hydrogens is 316 g/mol. The first-order valence-corrected chi connectivity index (χ1v) is 9.02. The first-order valence-electron chi connectivity index (χ1n) is 9.02. The van der Waals surface area contributed by atoms with Crippen LogP contribution in [0.1, 0.15) is 57.1 Å². The van der Waals surface area contributed by atoms with Gasteiger partial charge in [-0.15, -0.1) is 0 Å². The quantitative estimate of drug-likeness (QED) is 0.655. The molecule has 0 aliphatic rings. The highest BCUT2D eigenvalue weighted by atomic mass is 16.5. The van der Waals surface area contributed by atoms with Crippen LogP contribution in [0.4, 0.5) is 0 Å². The minimum atomic E-state index is 0.0555. The van der Waals surface area contributed by atoms with Gasteiger partial charge in [0.1, 0.15) is 23.0 Å². The van der Waals surface area contributed by atoms with Gasteiger partial charge in [-0.05, 0) is 31.4 Å². The van der Waals surface area contributed by atoms with Crippen LogP contribution in [-0.4, -0.2) is 23.4 Å². The van der Waals surface area contributed by atoms with Crippen LogP contribution in [0, 0.1) is 0 Å². The zero-order valence-electron chi connectivity index (χ0n) is 15.3. The van der Waals surface area contributed by atoms with Gasteiger partial charge in [0.15, 0.2) is 0 Å². The number of rotatable bonds is 9. The lowest BCUT2D eigenvalue weighted by molar-refractivity contribution is 0.305. The topological polar surface area (TPSA) is 58.9 Å². The Kier molecular flexibility index (Phi) is 6.99. The lowest BCUT2D eigenvalue weighted by Gasteiger charge is -2.22. The Morgan fingerprint density at radius 1 is 0.760 bits per heavy atom. The van der Waals surface area contributed by atoms with Crippen molar-refractivity contribution in [2.75, 3.05) is 13.2 Å². The minimum Gasteiger partial charge on any atom is -0.508 e. The molecule has 0 saturated carbocycles. The Hall–Kier alpha value is -2.36. The summed E-state index contributed by atoms with van der Waals surface area (Å²) >= 11 is 0. The van der Waals surface area contributed by atoms with E-state index in [9.17, 15) is 10.2 Å². The molecule has 2 aromatic rings. The summed E-state index contributed by atoms with van der Waals surface area (Å²) in [6.07, 6.45) is 2.65. The van der Waals surface area contributed by atoms with Crippen LogP contribution in [0.25, 0.3) is 0 Å². The monoisotopic (exact) mass is 344 g/mol. The summed E-state index contributed by atoms with van der Waals surface area (Å²) in [5, 5.41) is 19.7. The number of aromatic hydroxyl groups is 2. The smallest absolute Gasteiger partial charge is 0.126 e. The van der Waals surface area contributed by atoms with E-state index in [1.165, 1.54) is 0 Å². The Morgan fingerprint density at radius 2 is 1.20 bits per heavy atom. The van der Waals surface area contributed by atoms with Crippen molar-refractivity contribution in [3.8, 4) is 23.0 Å². The van der Waals surface area contributed by atoms with Crippen molar-refractivity contribution in [2.45, 2.75) is 46.0 Å². The summed E-state index contributed by atoms with van der Waals surface area (Å²) in [6.45, 7) is 7.41. The molecule has 2 N–H and O–H groups in total. The van der Waals surface area contributed by atoms with Gasteiger partial charge in [-0.1, -0.05) is 32.9 Å². The first-order chi connectivity index (χ1) is 12.1. The summed E-state index contributed by atoms with van der Waals surface area (Å²) in [4.78, 5) is 0. The van der Waals surface area contributed by atoms with Crippen LogP contribution < -0.4 is 9.47 Å². The fraction of sp³-hybridized carbons (Fsp3) is 0.429. The molecule has 2 rings (SSSR count). The molecule has 0 saturated heterocycles. The van der Waals surface area contributed by atoms with E-state index in [0.29, 0.717) is 24.7 Å². The molecule has 0 atom stereocenters. The highest BCUT2D eigenvalue weighted by molar-refractivity contribution is 5.51. The molecular formula is C21H28O4. The summed E-state index contributed by atoms with van der Waals surface area (Å²) < 4.78 is 11.7. The van der Waals surface area contributed by atoms with Gasteiger partial charge in [0, 0.05) is 29.2 Å². The zero-order chi connectivity index (χ0) is 18.2. The summed E-state index contributed by atoms with van der Waals surface area (Å²) in [7, 11) is 0. The second-order valence-electron chi connectivity index (χ2n) is 6.10. The van der Waals surface area contributed by atoms with E-state index in [2.05, 4.69) is 20.8 Å². The van der Waals surface area contributed by atoms with Crippen molar-refractivity contribution in [3.05, 3.63) is 47.5 Å². The molecule has 136 valence electrons. The highest BCUT2D eigenvalue weighted by Gasteiger charge is 2.21. The van der Waals surface area contributed by atoms with Crippen molar-refractivity contribution in [3.63, 3.8) is 0 Å². The Morgan fingerprint density at radius 3 is 1.56 bits per heavy atom. The Bertz CT molecular complexity index is 624. The van der Waals surface area contributed by atoms with Gasteiger partial charge in [-0.2, -0.15) is 0 Å². The van der Waals surface area contributed by atoms with Gasteiger partial charge in [0.2, 0.25) is 0 Å². The van der Waals surface area contributed by atoms with Crippen molar-refractivity contribution in [1.29, 1.82) is 0 Å². The van der Waals surface area contributed by atoms with Gasteiger partial charge in [0.05, 0.1) is 13.2 Å². The molecule has 0 heterocycles. The second kappa shape index (κ2) is 9.21. The molecule has 0 amide bonds. The number of phenolic OH excluding ortho intramolecular Hbond substituents is 2. The van der Waals surface area contributed by atoms with E-state index in [1.54, 1.807) is 24.3 Å². The van der Waals surface area contributed by atoms with Gasteiger partial charge in [-0.3, -0.25) is 0 Å². The molecule has 0 fully saturated rings. The van der Waals surface area contributed by atoms with Crippen molar-refractivity contribution < 1.29 is 19.7 Å². The number of hydrogen-bond acceptors (Lipinski definition) is 4. The average molecular weight is 344 g/mol. The van der Waals surface area contributed by atoms with Crippen LogP contribution >= 0.6 is 0 Å². The van der Waals surface area contributed by atoms with Gasteiger partial charge < -0.3 is 19.7 Å². The number of phenols is 2. The van der Waals surface area contributed by atoms with Gasteiger partial charge >= 0.3 is 0 Å². The Labute approximate surface area is 150 Å². The normalized spacial score (nSPS) is 10.9. The lowest BCUT2D eigenvalue weighted by atomic mass is 9.87. The lowest BCUT2D eigenvalue weighted by Crippen LogP contribution is -2.07. The molecule has 0 aliphatic carbocycles. The Balaban J connectivity index is 2.46. The van der Waals surface area contributed by atoms with Crippen LogP contribution in [0.5, 0.6) is 23.0 Å². The molecule has 4 nitrogen and oxygen atoms in total. The minimum absolute atomic E-state index is 0.0555. The van der Waals surface area contributed by atoms with E-state index in [4.69, 9.17) is 9.47 Å². The van der Waals surface area contributed by atoms with Gasteiger partial charge in [-0.25, -0.2) is 0 Å². The highest BCUT2D eigenvalue weighted by Crippen LogP contribution is 2.41. The SMILES string of the molecule is CCCOc1cc(O)ccc1C(CC)c1ccc(O)cc1OCCC. The average Bonchev–Trinajstić information content (AvgIpc) is 2.61. The van der Waals surface area contributed by atoms with Crippen molar-refractivity contribution >= 4 is 0 Å². The predicted molar refractivity (Wildman–Crippen MR) is 99.9 cm³/mol. The van der Waals surface area contributed by atoms with Crippen LogP contribution in [-0.2, 0) is 0 Å². The molecule has 0 spiro atoms. The van der Waals surface area contributed by atoms with E-state index in [-0.39, 0.29) is 17.4 Å². The largest absolute Gasteiger partial charge is 0.508 e. The van der Waals surface area contributed by atoms with Crippen LogP contribution in [0.15, 0.2) is 36.4 Å². The van der Waals surface area contributed by atoms with E-state index >= 15 is 0 Å². The number of hydrogen-bond donors (Lipinski definition) is 2. The molecule has 0 aliphatic heterocycles. The summed E-state index contributed by atoms with van der Waals surface area (Å²) in [5.41, 5.74) is 2.03. The van der Waals surface area contributed by atoms with E-state index < -0.39 is 0 Å². The van der Waals surface area contributed by atoms with Crippen molar-refractivity contribution in [2.24, 2.45) is 0 Å². The zero-order valence-corrected chi connectivity index (χ0v) is 15.3.